The minimum absolute atomic E-state index is 0.312. The van der Waals surface area contributed by atoms with Crippen molar-refractivity contribution in [1.82, 2.24) is 0 Å². The van der Waals surface area contributed by atoms with Crippen molar-refractivity contribution in [3.05, 3.63) is 10.1 Å². The van der Waals surface area contributed by atoms with E-state index in [9.17, 15) is 14.9 Å². The fourth-order valence-corrected chi connectivity index (χ4v) is 2.35. The van der Waals surface area contributed by atoms with E-state index < -0.39 is 21.4 Å². The minimum atomic E-state index is -0.822. The smallest absolute Gasteiger partial charge is 0.416 e. The molecule has 0 spiro atoms. The largest absolute Gasteiger partial charge is 0.460 e. The van der Waals surface area contributed by atoms with Crippen LogP contribution in [0, 0.1) is 10.1 Å². The van der Waals surface area contributed by atoms with Gasteiger partial charge in [-0.1, -0.05) is 13.8 Å². The third-order valence-electron chi connectivity index (χ3n) is 1.50. The molecule has 0 rings (SSSR count). The molecule has 0 aliphatic carbocycles. The summed E-state index contributed by atoms with van der Waals surface area (Å²) in [6.45, 7) is 3.64. The Kier molecular flexibility index (Phi) is 5.29. The van der Waals surface area contributed by atoms with Crippen LogP contribution in [0.15, 0.2) is 0 Å². The van der Waals surface area contributed by atoms with E-state index in [1.807, 2.05) is 13.8 Å². The van der Waals surface area contributed by atoms with Gasteiger partial charge in [0.05, 0.1) is 12.0 Å². The van der Waals surface area contributed by atoms with Crippen LogP contribution >= 0.6 is 10.5 Å². The Bertz CT molecular complexity index is 243. The summed E-state index contributed by atoms with van der Waals surface area (Å²) >= 11 is 0. The Hall–Kier alpha value is -0.910. The molecule has 0 aliphatic heterocycles. The second kappa shape index (κ2) is 5.69. The molecule has 0 N–H and O–H groups in total. The van der Waals surface area contributed by atoms with E-state index in [4.69, 9.17) is 0 Å². The number of carbonyl (C=O) groups excluding carboxylic acids is 1. The molecule has 0 aromatic carbocycles. The van der Waals surface area contributed by atoms with Crippen molar-refractivity contribution in [1.29, 1.82) is 0 Å². The van der Waals surface area contributed by atoms with Gasteiger partial charge in [0.25, 0.3) is 0 Å². The van der Waals surface area contributed by atoms with Crippen molar-refractivity contribution in [2.75, 3.05) is 18.6 Å². The fraction of sp³-hybridized carbons (Fsp3) is 0.714. The van der Waals surface area contributed by atoms with Crippen LogP contribution in [0.4, 0.5) is 0 Å². The number of rotatable bonds is 2. The topological polar surface area (TPSA) is 69.4 Å². The lowest BCUT2D eigenvalue weighted by Crippen LogP contribution is -2.25. The zero-order valence-electron chi connectivity index (χ0n) is 7.90. The summed E-state index contributed by atoms with van der Waals surface area (Å²) in [6, 6.07) is 0. The van der Waals surface area contributed by atoms with E-state index in [0.29, 0.717) is 11.5 Å². The molecule has 0 heterocycles. The number of esters is 1. The van der Waals surface area contributed by atoms with Gasteiger partial charge in [-0.05, 0) is 11.5 Å². The highest BCUT2D eigenvalue weighted by Gasteiger charge is 2.26. The molecule has 0 fully saturated rings. The molecule has 6 heteroatoms. The van der Waals surface area contributed by atoms with Crippen molar-refractivity contribution in [2.45, 2.75) is 13.8 Å². The number of hydrogen-bond donors (Lipinski definition) is 0. The predicted molar refractivity (Wildman–Crippen MR) is 52.7 cm³/mol. The first-order chi connectivity index (χ1) is 6.08. The van der Waals surface area contributed by atoms with E-state index in [1.165, 1.54) is 0 Å². The van der Waals surface area contributed by atoms with Crippen molar-refractivity contribution in [2.24, 2.45) is 0 Å². The van der Waals surface area contributed by atoms with Gasteiger partial charge in [-0.2, -0.15) is 0 Å². The van der Waals surface area contributed by atoms with Gasteiger partial charge >= 0.3 is 11.0 Å². The first kappa shape index (κ1) is 12.1. The molecule has 0 saturated carbocycles. The predicted octanol–water partition coefficient (Wildman–Crippen LogP) is 0.875. The van der Waals surface area contributed by atoms with Gasteiger partial charge in [0.1, 0.15) is 0 Å². The second-order valence-electron chi connectivity index (χ2n) is 2.12. The summed E-state index contributed by atoms with van der Waals surface area (Å²) in [6.07, 6.45) is 0. The van der Waals surface area contributed by atoms with E-state index in [2.05, 4.69) is 4.74 Å². The lowest BCUT2D eigenvalue weighted by Gasteiger charge is -2.03. The first-order valence-electron chi connectivity index (χ1n) is 3.85. The molecule has 0 aliphatic rings. The summed E-state index contributed by atoms with van der Waals surface area (Å²) in [4.78, 5) is 20.6. The van der Waals surface area contributed by atoms with Gasteiger partial charge in [-0.25, -0.2) is 4.79 Å². The Balaban J connectivity index is 5.08. The maximum absolute atomic E-state index is 11.0. The van der Waals surface area contributed by atoms with Crippen molar-refractivity contribution in [3.8, 4) is 0 Å². The highest BCUT2D eigenvalue weighted by atomic mass is 32.2. The summed E-state index contributed by atoms with van der Waals surface area (Å²) in [5.74, 6) is 0.376. The molecule has 5 nitrogen and oxygen atoms in total. The number of hydrogen-bond acceptors (Lipinski definition) is 4. The van der Waals surface area contributed by atoms with Gasteiger partial charge < -0.3 is 4.74 Å². The molecular formula is C7H13NO4S. The molecule has 0 amide bonds. The highest BCUT2D eigenvalue weighted by Crippen LogP contribution is 2.14. The number of ether oxygens (including phenoxy) is 1. The number of methoxy groups -OCH3 is 1. The molecule has 0 aromatic rings. The number of nitro groups is 1. The average Bonchev–Trinajstić information content (AvgIpc) is 2.12. The molecule has 0 bridgehead atoms. The van der Waals surface area contributed by atoms with Crippen LogP contribution < -0.4 is 0 Å². The third kappa shape index (κ3) is 3.14. The molecule has 0 saturated heterocycles. The van der Waals surface area contributed by atoms with Crippen molar-refractivity contribution >= 4 is 21.4 Å². The maximum atomic E-state index is 11.0. The van der Waals surface area contributed by atoms with E-state index in [-0.39, 0.29) is 4.99 Å². The molecular weight excluding hydrogens is 194 g/mol. The summed E-state index contributed by atoms with van der Waals surface area (Å²) in [5.41, 5.74) is 0. The van der Waals surface area contributed by atoms with Crippen LogP contribution in [0.2, 0.25) is 0 Å². The standard InChI is InChI=1S/C7H13NO4S/c1-4-13(5-2)6(8(10)11)7(9)12-3/h4-5H2,1-3H3. The lowest BCUT2D eigenvalue weighted by molar-refractivity contribution is -0.345. The molecule has 0 atom stereocenters. The molecule has 0 aromatic heterocycles. The zero-order chi connectivity index (χ0) is 10.4. The van der Waals surface area contributed by atoms with Crippen molar-refractivity contribution < 1.29 is 14.5 Å². The van der Waals surface area contributed by atoms with E-state index in [0.717, 1.165) is 7.11 Å². The van der Waals surface area contributed by atoms with Gasteiger partial charge in [-0.3, -0.25) is 10.1 Å². The summed E-state index contributed by atoms with van der Waals surface area (Å²) in [7, 11) is 0.558. The monoisotopic (exact) mass is 207 g/mol. The van der Waals surface area contributed by atoms with E-state index >= 15 is 0 Å². The Morgan fingerprint density at radius 2 is 1.92 bits per heavy atom. The fourth-order valence-electron chi connectivity index (χ4n) is 0.863. The van der Waals surface area contributed by atoms with Gasteiger partial charge in [0.15, 0.2) is 0 Å². The Labute approximate surface area is 79.2 Å². The van der Waals surface area contributed by atoms with Crippen LogP contribution in [0.3, 0.4) is 0 Å². The lowest BCUT2D eigenvalue weighted by atomic mass is 10.7. The third-order valence-corrected chi connectivity index (χ3v) is 3.75. The molecule has 13 heavy (non-hydrogen) atoms. The zero-order valence-corrected chi connectivity index (χ0v) is 8.72. The van der Waals surface area contributed by atoms with Crippen molar-refractivity contribution in [3.63, 3.8) is 0 Å². The van der Waals surface area contributed by atoms with Crippen LogP contribution in [-0.4, -0.2) is 34.5 Å². The Morgan fingerprint density at radius 3 is 2.15 bits per heavy atom. The first-order valence-corrected chi connectivity index (χ1v) is 5.41. The van der Waals surface area contributed by atoms with Crippen LogP contribution in [0.5, 0.6) is 0 Å². The Morgan fingerprint density at radius 1 is 1.46 bits per heavy atom. The number of carbonyl (C=O) groups is 1. The van der Waals surface area contributed by atoms with Gasteiger partial charge in [0.2, 0.25) is 0 Å². The summed E-state index contributed by atoms with van der Waals surface area (Å²) < 4.78 is 4.35. The number of nitrogens with zero attached hydrogens (tertiary/aromatic N) is 1. The maximum Gasteiger partial charge on any atom is 0.416 e. The molecule has 0 radical (unpaired) electrons. The average molecular weight is 207 g/mol. The quantitative estimate of drug-likeness (QED) is 0.291. The van der Waals surface area contributed by atoms with Gasteiger partial charge in [0, 0.05) is 0 Å². The van der Waals surface area contributed by atoms with Crippen LogP contribution in [0.25, 0.3) is 0 Å². The summed E-state index contributed by atoms with van der Waals surface area (Å²) in [5, 5.41) is 10.5. The van der Waals surface area contributed by atoms with E-state index in [1.54, 1.807) is 0 Å². The normalized spacial score (nSPS) is 9.85. The van der Waals surface area contributed by atoms with Crippen LogP contribution in [0.1, 0.15) is 13.8 Å². The molecule has 0 unspecified atom stereocenters. The van der Waals surface area contributed by atoms with Gasteiger partial charge in [-0.15, -0.1) is 10.5 Å². The second-order valence-corrected chi connectivity index (χ2v) is 4.65. The SMILES string of the molecule is CCS(CC)=C(C(=O)OC)[N+](=O)[O-]. The van der Waals surface area contributed by atoms with Crippen LogP contribution in [-0.2, 0) is 9.53 Å². The highest BCUT2D eigenvalue weighted by molar-refractivity contribution is 8.16. The molecule has 76 valence electrons. The minimum Gasteiger partial charge on any atom is -0.460 e.